The number of halogens is 1. The predicted molar refractivity (Wildman–Crippen MR) is 132 cm³/mol. The molecule has 184 valence electrons. The van der Waals surface area contributed by atoms with Gasteiger partial charge in [-0.15, -0.1) is 0 Å². The molecule has 0 saturated carbocycles. The van der Waals surface area contributed by atoms with Gasteiger partial charge >= 0.3 is 0 Å². The van der Waals surface area contributed by atoms with Gasteiger partial charge in [-0.2, -0.15) is 4.31 Å². The zero-order valence-corrected chi connectivity index (χ0v) is 20.7. The first kappa shape index (κ1) is 24.6. The third-order valence-electron chi connectivity index (χ3n) is 6.83. The van der Waals surface area contributed by atoms with Crippen LogP contribution in [-0.4, -0.2) is 69.3 Å². The summed E-state index contributed by atoms with van der Waals surface area (Å²) in [6.07, 6.45) is 1.22. The molecule has 2 aliphatic rings. The molecule has 0 radical (unpaired) electrons. The summed E-state index contributed by atoms with van der Waals surface area (Å²) >= 11 is 0. The number of anilines is 2. The molecule has 2 aliphatic heterocycles. The second kappa shape index (κ2) is 10.4. The van der Waals surface area contributed by atoms with Gasteiger partial charge in [0.05, 0.1) is 10.8 Å². The van der Waals surface area contributed by atoms with Gasteiger partial charge in [0.1, 0.15) is 5.82 Å². The van der Waals surface area contributed by atoms with E-state index in [1.165, 1.54) is 22.1 Å². The standard InChI is InChI=1S/C25H33FN4O3S/c1-3-28-13-15-29(16-14-28)24-11-8-22(17-19(24)2)27-25(31)20-5-4-12-30(18-20)34(32,33)23-9-6-21(26)7-10-23/h6-11,17,20H,3-5,12-16,18H2,1-2H3,(H,27,31). The topological polar surface area (TPSA) is 73.0 Å². The van der Waals surface area contributed by atoms with Crippen molar-refractivity contribution in [3.8, 4) is 0 Å². The van der Waals surface area contributed by atoms with Crippen LogP contribution >= 0.6 is 0 Å². The van der Waals surface area contributed by atoms with Crippen LogP contribution in [0.15, 0.2) is 47.4 Å². The number of piperidine rings is 1. The number of benzene rings is 2. The van der Waals surface area contributed by atoms with Gasteiger partial charge in [-0.1, -0.05) is 6.92 Å². The molecule has 0 aliphatic carbocycles. The summed E-state index contributed by atoms with van der Waals surface area (Å²) in [7, 11) is -3.77. The van der Waals surface area contributed by atoms with Crippen LogP contribution in [0.5, 0.6) is 0 Å². The van der Waals surface area contributed by atoms with E-state index in [0.29, 0.717) is 19.4 Å². The van der Waals surface area contributed by atoms with Crippen LogP contribution in [0.25, 0.3) is 0 Å². The zero-order chi connectivity index (χ0) is 24.3. The van der Waals surface area contributed by atoms with Crippen LogP contribution in [0.3, 0.4) is 0 Å². The normalized spacial score (nSPS) is 20.3. The van der Waals surface area contributed by atoms with E-state index in [4.69, 9.17) is 0 Å². The Morgan fingerprint density at radius 1 is 1.06 bits per heavy atom. The Kier molecular flexibility index (Phi) is 7.54. The van der Waals surface area contributed by atoms with Crippen molar-refractivity contribution in [2.45, 2.75) is 31.6 Å². The number of nitrogens with one attached hydrogen (secondary N) is 1. The van der Waals surface area contributed by atoms with Gasteiger partial charge < -0.3 is 15.1 Å². The molecule has 1 N–H and O–H groups in total. The van der Waals surface area contributed by atoms with Crippen LogP contribution in [0.4, 0.5) is 15.8 Å². The summed E-state index contributed by atoms with van der Waals surface area (Å²) in [6, 6.07) is 10.8. The molecule has 4 rings (SSSR count). The Balaban J connectivity index is 1.39. The number of piperazine rings is 1. The number of hydrogen-bond donors (Lipinski definition) is 1. The van der Waals surface area contributed by atoms with E-state index in [1.807, 2.05) is 12.1 Å². The highest BCUT2D eigenvalue weighted by Gasteiger charge is 2.33. The van der Waals surface area contributed by atoms with E-state index in [0.717, 1.165) is 56.1 Å². The molecular weight excluding hydrogens is 455 g/mol. The first-order valence-corrected chi connectivity index (χ1v) is 13.4. The van der Waals surface area contributed by atoms with Crippen molar-refractivity contribution in [1.82, 2.24) is 9.21 Å². The molecule has 1 atom stereocenters. The highest BCUT2D eigenvalue weighted by atomic mass is 32.2. The number of carbonyl (C=O) groups is 1. The fraction of sp³-hybridized carbons (Fsp3) is 0.480. The lowest BCUT2D eigenvalue weighted by Gasteiger charge is -2.36. The second-order valence-corrected chi connectivity index (χ2v) is 11.0. The average Bonchev–Trinajstić information content (AvgIpc) is 2.84. The predicted octanol–water partition coefficient (Wildman–Crippen LogP) is 3.32. The number of nitrogens with zero attached hydrogens (tertiary/aromatic N) is 3. The Morgan fingerprint density at radius 2 is 1.76 bits per heavy atom. The molecule has 2 fully saturated rings. The van der Waals surface area contributed by atoms with Crippen LogP contribution in [0.2, 0.25) is 0 Å². The molecule has 2 saturated heterocycles. The fourth-order valence-corrected chi connectivity index (χ4v) is 6.29. The molecule has 0 bridgehead atoms. The lowest BCUT2D eigenvalue weighted by molar-refractivity contribution is -0.120. The van der Waals surface area contributed by atoms with E-state index in [9.17, 15) is 17.6 Å². The Bertz CT molecular complexity index is 1120. The molecule has 34 heavy (non-hydrogen) atoms. The lowest BCUT2D eigenvalue weighted by Crippen LogP contribution is -2.46. The molecule has 2 heterocycles. The number of aryl methyl sites for hydroxylation is 1. The van der Waals surface area contributed by atoms with Gasteiger partial charge in [-0.3, -0.25) is 4.79 Å². The number of likely N-dealkylation sites (N-methyl/N-ethyl adjacent to an activating group) is 1. The highest BCUT2D eigenvalue weighted by Crippen LogP contribution is 2.27. The molecule has 0 aromatic heterocycles. The van der Waals surface area contributed by atoms with Gasteiger partial charge in [0.15, 0.2) is 0 Å². The fourth-order valence-electron chi connectivity index (χ4n) is 4.77. The molecular formula is C25H33FN4O3S. The molecule has 1 unspecified atom stereocenters. The SMILES string of the molecule is CCN1CCN(c2ccc(NC(=O)C3CCCN(S(=O)(=O)c4ccc(F)cc4)C3)cc2C)CC1. The van der Waals surface area contributed by atoms with Crippen molar-refractivity contribution in [2.24, 2.45) is 5.92 Å². The quantitative estimate of drug-likeness (QED) is 0.676. The Morgan fingerprint density at radius 3 is 2.41 bits per heavy atom. The average molecular weight is 489 g/mol. The van der Waals surface area contributed by atoms with Gasteiger partial charge in [0.2, 0.25) is 15.9 Å². The van der Waals surface area contributed by atoms with Gasteiger partial charge in [-0.05, 0) is 74.3 Å². The van der Waals surface area contributed by atoms with Crippen molar-refractivity contribution in [1.29, 1.82) is 0 Å². The molecule has 9 heteroatoms. The minimum atomic E-state index is -3.77. The van der Waals surface area contributed by atoms with E-state index >= 15 is 0 Å². The number of hydrogen-bond acceptors (Lipinski definition) is 5. The van der Waals surface area contributed by atoms with E-state index < -0.39 is 21.8 Å². The first-order chi connectivity index (χ1) is 16.3. The lowest BCUT2D eigenvalue weighted by atomic mass is 9.98. The zero-order valence-electron chi connectivity index (χ0n) is 19.8. The summed E-state index contributed by atoms with van der Waals surface area (Å²) < 4.78 is 40.5. The number of sulfonamides is 1. The second-order valence-electron chi connectivity index (χ2n) is 9.07. The summed E-state index contributed by atoms with van der Waals surface area (Å²) in [5.41, 5.74) is 3.01. The molecule has 2 aromatic rings. The van der Waals surface area contributed by atoms with Crippen molar-refractivity contribution in [3.05, 3.63) is 53.8 Å². The van der Waals surface area contributed by atoms with Crippen LogP contribution in [0, 0.1) is 18.7 Å². The Hall–Kier alpha value is -2.49. The van der Waals surface area contributed by atoms with Gasteiger partial charge in [0.25, 0.3) is 0 Å². The van der Waals surface area contributed by atoms with E-state index in [1.54, 1.807) is 0 Å². The summed E-state index contributed by atoms with van der Waals surface area (Å²) in [5, 5.41) is 2.98. The van der Waals surface area contributed by atoms with Crippen molar-refractivity contribution < 1.29 is 17.6 Å². The maximum Gasteiger partial charge on any atom is 0.243 e. The van der Waals surface area contributed by atoms with Gasteiger partial charge in [-0.25, -0.2) is 12.8 Å². The highest BCUT2D eigenvalue weighted by molar-refractivity contribution is 7.89. The summed E-state index contributed by atoms with van der Waals surface area (Å²) in [4.78, 5) is 17.8. The third-order valence-corrected chi connectivity index (χ3v) is 8.71. The maximum absolute atomic E-state index is 13.2. The van der Waals surface area contributed by atoms with Crippen LogP contribution in [-0.2, 0) is 14.8 Å². The third kappa shape index (κ3) is 5.42. The monoisotopic (exact) mass is 488 g/mol. The minimum absolute atomic E-state index is 0.0425. The minimum Gasteiger partial charge on any atom is -0.369 e. The smallest absolute Gasteiger partial charge is 0.243 e. The van der Waals surface area contributed by atoms with Crippen LogP contribution < -0.4 is 10.2 Å². The Labute approximate surface area is 201 Å². The summed E-state index contributed by atoms with van der Waals surface area (Å²) in [6.45, 7) is 9.84. The molecule has 1 amide bonds. The number of amides is 1. The largest absolute Gasteiger partial charge is 0.369 e. The molecule has 7 nitrogen and oxygen atoms in total. The van der Waals surface area contributed by atoms with Crippen molar-refractivity contribution in [3.63, 3.8) is 0 Å². The number of rotatable bonds is 6. The molecule has 0 spiro atoms. The van der Waals surface area contributed by atoms with E-state index in [2.05, 4.69) is 35.0 Å². The molecule has 2 aromatic carbocycles. The summed E-state index contributed by atoms with van der Waals surface area (Å²) in [5.74, 6) is -1.10. The first-order valence-electron chi connectivity index (χ1n) is 11.9. The van der Waals surface area contributed by atoms with Crippen molar-refractivity contribution in [2.75, 3.05) is 56.0 Å². The van der Waals surface area contributed by atoms with Crippen LogP contribution in [0.1, 0.15) is 25.3 Å². The maximum atomic E-state index is 13.2. The van der Waals surface area contributed by atoms with Crippen molar-refractivity contribution >= 4 is 27.3 Å². The number of carbonyl (C=O) groups excluding carboxylic acids is 1. The van der Waals surface area contributed by atoms with E-state index in [-0.39, 0.29) is 17.3 Å². The van der Waals surface area contributed by atoms with Gasteiger partial charge in [0, 0.05) is 50.6 Å².